The highest BCUT2D eigenvalue weighted by molar-refractivity contribution is 5.95. The highest BCUT2D eigenvalue weighted by Crippen LogP contribution is 2.29. The van der Waals surface area contributed by atoms with E-state index in [0.717, 1.165) is 23.3 Å². The molecule has 6 heteroatoms. The lowest BCUT2D eigenvalue weighted by Gasteiger charge is -2.13. The Morgan fingerprint density at radius 2 is 1.69 bits per heavy atom. The summed E-state index contributed by atoms with van der Waals surface area (Å²) in [6.07, 6.45) is 2.54. The molecule has 0 saturated carbocycles. The van der Waals surface area contributed by atoms with Crippen LogP contribution in [0.1, 0.15) is 41.8 Å². The van der Waals surface area contributed by atoms with Gasteiger partial charge in [0.05, 0.1) is 19.4 Å². The molecule has 0 spiro atoms. The van der Waals surface area contributed by atoms with Crippen LogP contribution in [0.3, 0.4) is 0 Å². The molecule has 0 radical (unpaired) electrons. The molecule has 0 aromatic heterocycles. The van der Waals surface area contributed by atoms with Crippen molar-refractivity contribution in [2.24, 2.45) is 5.10 Å². The Labute approximate surface area is 188 Å². The number of ether oxygens (including phenoxy) is 3. The molecule has 0 aliphatic carbocycles. The molecule has 32 heavy (non-hydrogen) atoms. The molecule has 0 heterocycles. The first-order valence-corrected chi connectivity index (χ1v) is 10.7. The first kappa shape index (κ1) is 22.9. The Bertz CT molecular complexity index is 1020. The van der Waals surface area contributed by atoms with E-state index in [9.17, 15) is 4.79 Å². The zero-order chi connectivity index (χ0) is 22.6. The highest BCUT2D eigenvalue weighted by Gasteiger charge is 2.11. The SMILES string of the molecule is CCCOc1ccc(/C=N/NC(=O)c2ccc(OCc3ccccc3)c(OCC)c2)cc1. The van der Waals surface area contributed by atoms with Gasteiger partial charge >= 0.3 is 0 Å². The molecule has 3 rings (SSSR count). The van der Waals surface area contributed by atoms with E-state index in [-0.39, 0.29) is 5.91 Å². The lowest BCUT2D eigenvalue weighted by molar-refractivity contribution is 0.0954. The van der Waals surface area contributed by atoms with E-state index in [4.69, 9.17) is 14.2 Å². The fraction of sp³-hybridized carbons (Fsp3) is 0.231. The van der Waals surface area contributed by atoms with E-state index in [1.54, 1.807) is 24.4 Å². The highest BCUT2D eigenvalue weighted by atomic mass is 16.5. The Balaban J connectivity index is 1.60. The average Bonchev–Trinajstić information content (AvgIpc) is 2.83. The number of amides is 1. The van der Waals surface area contributed by atoms with E-state index in [1.165, 1.54) is 0 Å². The van der Waals surface area contributed by atoms with Gasteiger partial charge in [0.25, 0.3) is 5.91 Å². The molecule has 0 unspecified atom stereocenters. The van der Waals surface area contributed by atoms with Crippen LogP contribution < -0.4 is 19.6 Å². The lowest BCUT2D eigenvalue weighted by Crippen LogP contribution is -2.17. The van der Waals surface area contributed by atoms with Crippen LogP contribution >= 0.6 is 0 Å². The third kappa shape index (κ3) is 6.87. The molecule has 0 saturated heterocycles. The van der Waals surface area contributed by atoms with Crippen LogP contribution in [0, 0.1) is 0 Å². The number of benzene rings is 3. The van der Waals surface area contributed by atoms with Crippen molar-refractivity contribution in [2.75, 3.05) is 13.2 Å². The lowest BCUT2D eigenvalue weighted by atomic mass is 10.2. The maximum Gasteiger partial charge on any atom is 0.271 e. The van der Waals surface area contributed by atoms with E-state index in [0.29, 0.717) is 36.9 Å². The molecule has 0 atom stereocenters. The van der Waals surface area contributed by atoms with Gasteiger partial charge in [-0.2, -0.15) is 5.10 Å². The normalized spacial score (nSPS) is 10.7. The second-order valence-corrected chi connectivity index (χ2v) is 6.99. The van der Waals surface area contributed by atoms with Crippen molar-refractivity contribution in [1.82, 2.24) is 5.43 Å². The number of carbonyl (C=O) groups is 1. The molecule has 0 fully saturated rings. The van der Waals surface area contributed by atoms with Crippen molar-refractivity contribution in [2.45, 2.75) is 26.9 Å². The number of hydrogen-bond donors (Lipinski definition) is 1. The van der Waals surface area contributed by atoms with Crippen molar-refractivity contribution in [1.29, 1.82) is 0 Å². The van der Waals surface area contributed by atoms with Gasteiger partial charge in [0.15, 0.2) is 11.5 Å². The Morgan fingerprint density at radius 3 is 2.41 bits per heavy atom. The van der Waals surface area contributed by atoms with Gasteiger partial charge < -0.3 is 14.2 Å². The molecular formula is C26H28N2O4. The third-order valence-electron chi connectivity index (χ3n) is 4.48. The summed E-state index contributed by atoms with van der Waals surface area (Å²) in [6, 6.07) is 22.5. The summed E-state index contributed by atoms with van der Waals surface area (Å²) in [5.41, 5.74) is 4.88. The van der Waals surface area contributed by atoms with Crippen LogP contribution in [0.5, 0.6) is 17.2 Å². The summed E-state index contributed by atoms with van der Waals surface area (Å²) < 4.78 is 17.1. The number of rotatable bonds is 11. The predicted octanol–water partition coefficient (Wildman–Crippen LogP) is 5.22. The van der Waals surface area contributed by atoms with Crippen molar-refractivity contribution < 1.29 is 19.0 Å². The molecule has 0 aliphatic heterocycles. The minimum atomic E-state index is -0.334. The molecule has 3 aromatic rings. The molecule has 1 N–H and O–H groups in total. The van der Waals surface area contributed by atoms with E-state index >= 15 is 0 Å². The average molecular weight is 433 g/mol. The molecule has 3 aromatic carbocycles. The Hall–Kier alpha value is -3.80. The van der Waals surface area contributed by atoms with Crippen molar-refractivity contribution in [3.63, 3.8) is 0 Å². The van der Waals surface area contributed by atoms with E-state index < -0.39 is 0 Å². The maximum absolute atomic E-state index is 12.5. The molecule has 6 nitrogen and oxygen atoms in total. The van der Waals surface area contributed by atoms with Gasteiger partial charge in [-0.15, -0.1) is 0 Å². The maximum atomic E-state index is 12.5. The van der Waals surface area contributed by atoms with Crippen LogP contribution in [0.25, 0.3) is 0 Å². The van der Waals surface area contributed by atoms with Crippen LogP contribution in [-0.2, 0) is 6.61 Å². The van der Waals surface area contributed by atoms with E-state index in [2.05, 4.69) is 17.5 Å². The smallest absolute Gasteiger partial charge is 0.271 e. The molecule has 166 valence electrons. The Morgan fingerprint density at radius 1 is 0.906 bits per heavy atom. The summed E-state index contributed by atoms with van der Waals surface area (Å²) in [5, 5.41) is 4.05. The fourth-order valence-electron chi connectivity index (χ4n) is 2.87. The summed E-state index contributed by atoms with van der Waals surface area (Å²) in [5.74, 6) is 1.58. The van der Waals surface area contributed by atoms with Gasteiger partial charge in [-0.3, -0.25) is 4.79 Å². The Kier molecular flexibility index (Phi) is 8.69. The van der Waals surface area contributed by atoms with Crippen molar-refractivity contribution in [3.8, 4) is 17.2 Å². The summed E-state index contributed by atoms with van der Waals surface area (Å²) in [6.45, 7) is 5.51. The number of carbonyl (C=O) groups excluding carboxylic acids is 1. The van der Waals surface area contributed by atoms with Crippen molar-refractivity contribution in [3.05, 3.63) is 89.5 Å². The van der Waals surface area contributed by atoms with Gasteiger partial charge in [0.2, 0.25) is 0 Å². The third-order valence-corrected chi connectivity index (χ3v) is 4.48. The minimum Gasteiger partial charge on any atom is -0.494 e. The zero-order valence-electron chi connectivity index (χ0n) is 18.4. The number of nitrogens with one attached hydrogen (secondary N) is 1. The van der Waals surface area contributed by atoms with Gasteiger partial charge in [-0.05, 0) is 66.9 Å². The number of nitrogens with zero attached hydrogens (tertiary/aromatic N) is 1. The second-order valence-electron chi connectivity index (χ2n) is 6.99. The molecule has 0 bridgehead atoms. The number of hydrazone groups is 1. The predicted molar refractivity (Wildman–Crippen MR) is 126 cm³/mol. The fourth-order valence-corrected chi connectivity index (χ4v) is 2.87. The summed E-state index contributed by atoms with van der Waals surface area (Å²) >= 11 is 0. The molecular weight excluding hydrogens is 404 g/mol. The quantitative estimate of drug-likeness (QED) is 0.333. The monoisotopic (exact) mass is 432 g/mol. The van der Waals surface area contributed by atoms with Gasteiger partial charge in [0.1, 0.15) is 12.4 Å². The van der Waals surface area contributed by atoms with Gasteiger partial charge in [0, 0.05) is 5.56 Å². The largest absolute Gasteiger partial charge is 0.494 e. The van der Waals surface area contributed by atoms with Crippen LogP contribution in [-0.4, -0.2) is 25.3 Å². The zero-order valence-corrected chi connectivity index (χ0v) is 18.4. The first-order chi connectivity index (χ1) is 15.7. The van der Waals surface area contributed by atoms with Gasteiger partial charge in [-0.25, -0.2) is 5.43 Å². The standard InChI is InChI=1S/C26H28N2O4/c1-3-16-31-23-13-10-20(11-14-23)18-27-28-26(29)22-12-15-24(25(17-22)30-4-2)32-19-21-8-6-5-7-9-21/h5-15,17-18H,3-4,16,19H2,1-2H3,(H,28,29)/b27-18+. The van der Waals surface area contributed by atoms with Crippen molar-refractivity contribution >= 4 is 12.1 Å². The second kappa shape index (κ2) is 12.2. The van der Waals surface area contributed by atoms with Crippen LogP contribution in [0.2, 0.25) is 0 Å². The summed E-state index contributed by atoms with van der Waals surface area (Å²) in [7, 11) is 0. The summed E-state index contributed by atoms with van der Waals surface area (Å²) in [4.78, 5) is 12.5. The van der Waals surface area contributed by atoms with E-state index in [1.807, 2.05) is 61.5 Å². The molecule has 0 aliphatic rings. The van der Waals surface area contributed by atoms with Crippen LogP contribution in [0.15, 0.2) is 77.9 Å². The van der Waals surface area contributed by atoms with Crippen LogP contribution in [0.4, 0.5) is 0 Å². The minimum absolute atomic E-state index is 0.334. The topological polar surface area (TPSA) is 69.2 Å². The first-order valence-electron chi connectivity index (χ1n) is 10.7. The van der Waals surface area contributed by atoms with Gasteiger partial charge in [-0.1, -0.05) is 37.3 Å². The number of hydrogen-bond acceptors (Lipinski definition) is 5. The molecule has 1 amide bonds.